The maximum atomic E-state index is 12.2. The molecule has 1 heterocycles. The molecule has 0 aliphatic carbocycles. The molecule has 0 radical (unpaired) electrons. The fourth-order valence-corrected chi connectivity index (χ4v) is 2.62. The van der Waals surface area contributed by atoms with Crippen LogP contribution in [0, 0.1) is 0 Å². The van der Waals surface area contributed by atoms with Gasteiger partial charge in [-0.3, -0.25) is 4.79 Å². The van der Waals surface area contributed by atoms with Crippen molar-refractivity contribution in [1.82, 2.24) is 4.90 Å². The molecule has 1 aliphatic heterocycles. The monoisotopic (exact) mass is 316 g/mol. The number of para-hydroxylation sites is 1. The minimum absolute atomic E-state index is 0.112. The second kappa shape index (κ2) is 6.56. The third kappa shape index (κ3) is 4.13. The van der Waals surface area contributed by atoms with E-state index in [-0.39, 0.29) is 6.04 Å². The fraction of sp³-hybridized carbons (Fsp3) is 0.533. The molecule has 4 nitrogen and oxygen atoms in total. The highest BCUT2D eigenvalue weighted by atomic mass is 19.4. The summed E-state index contributed by atoms with van der Waals surface area (Å²) in [4.78, 5) is 15.8. The van der Waals surface area contributed by atoms with E-state index in [2.05, 4.69) is 4.74 Å². The van der Waals surface area contributed by atoms with Gasteiger partial charge in [0, 0.05) is 31.9 Å². The van der Waals surface area contributed by atoms with Crippen LogP contribution in [0.3, 0.4) is 0 Å². The van der Waals surface area contributed by atoms with Crippen molar-refractivity contribution < 1.29 is 22.7 Å². The van der Waals surface area contributed by atoms with Crippen molar-refractivity contribution in [2.24, 2.45) is 0 Å². The van der Waals surface area contributed by atoms with E-state index in [1.807, 2.05) is 43.1 Å². The summed E-state index contributed by atoms with van der Waals surface area (Å²) in [5, 5.41) is 0. The molecule has 0 N–H and O–H groups in total. The van der Waals surface area contributed by atoms with Gasteiger partial charge in [-0.1, -0.05) is 18.2 Å². The molecule has 0 spiro atoms. The van der Waals surface area contributed by atoms with Gasteiger partial charge in [0.1, 0.15) is 13.2 Å². The first-order valence-electron chi connectivity index (χ1n) is 7.01. The highest BCUT2D eigenvalue weighted by Crippen LogP contribution is 2.26. The molecular formula is C15H19F3N2O2. The zero-order chi connectivity index (χ0) is 16.3. The van der Waals surface area contributed by atoms with Gasteiger partial charge in [-0.25, -0.2) is 0 Å². The number of rotatable bonds is 3. The molecule has 22 heavy (non-hydrogen) atoms. The van der Waals surface area contributed by atoms with Crippen molar-refractivity contribution >= 4 is 11.6 Å². The lowest BCUT2D eigenvalue weighted by Gasteiger charge is -2.28. The van der Waals surface area contributed by atoms with Gasteiger partial charge in [0.2, 0.25) is 5.91 Å². The predicted molar refractivity (Wildman–Crippen MR) is 76.6 cm³/mol. The number of halogens is 3. The Hall–Kier alpha value is -1.76. The lowest BCUT2D eigenvalue weighted by atomic mass is 10.1. The number of carbonyl (C=O) groups excluding carboxylic acids is 1. The van der Waals surface area contributed by atoms with Crippen LogP contribution in [0.25, 0.3) is 0 Å². The van der Waals surface area contributed by atoms with Gasteiger partial charge in [0.25, 0.3) is 0 Å². The Kier molecular flexibility index (Phi) is 4.95. The molecule has 1 amide bonds. The lowest BCUT2D eigenvalue weighted by molar-refractivity contribution is -0.178. The Morgan fingerprint density at radius 2 is 2.05 bits per heavy atom. The number of benzene rings is 1. The molecule has 0 fully saturated rings. The van der Waals surface area contributed by atoms with E-state index in [4.69, 9.17) is 0 Å². The summed E-state index contributed by atoms with van der Waals surface area (Å²) in [5.41, 5.74) is 2.00. The van der Waals surface area contributed by atoms with E-state index < -0.39 is 25.3 Å². The van der Waals surface area contributed by atoms with Crippen molar-refractivity contribution in [1.29, 1.82) is 0 Å². The molecule has 1 unspecified atom stereocenters. The highest BCUT2D eigenvalue weighted by Gasteiger charge is 2.30. The van der Waals surface area contributed by atoms with Crippen LogP contribution in [0.4, 0.5) is 18.9 Å². The van der Waals surface area contributed by atoms with Crippen LogP contribution < -0.4 is 4.90 Å². The molecule has 0 aromatic heterocycles. The number of anilines is 1. The quantitative estimate of drug-likeness (QED) is 0.859. The minimum Gasteiger partial charge on any atom is -0.372 e. The van der Waals surface area contributed by atoms with Crippen LogP contribution in [0.15, 0.2) is 24.3 Å². The third-order valence-electron chi connectivity index (χ3n) is 3.63. The van der Waals surface area contributed by atoms with E-state index in [9.17, 15) is 18.0 Å². The zero-order valence-corrected chi connectivity index (χ0v) is 12.6. The standard InChI is InChI=1S/C15H19F3N2O2/c1-11-7-19(2)13-6-4-3-5-12(13)8-20(11)14(21)9-22-10-15(16,17)18/h3-6,11H,7-10H2,1-2H3. The number of ether oxygens (including phenoxy) is 1. The molecule has 7 heteroatoms. The third-order valence-corrected chi connectivity index (χ3v) is 3.63. The SMILES string of the molecule is CC1CN(C)c2ccccc2CN1C(=O)COCC(F)(F)F. The van der Waals surface area contributed by atoms with Crippen LogP contribution in [0.5, 0.6) is 0 Å². The van der Waals surface area contributed by atoms with Crippen LogP contribution >= 0.6 is 0 Å². The molecule has 2 rings (SSSR count). The van der Waals surface area contributed by atoms with Gasteiger partial charge in [0.05, 0.1) is 0 Å². The Bertz CT molecular complexity index is 534. The van der Waals surface area contributed by atoms with Crippen molar-refractivity contribution in [2.45, 2.75) is 25.7 Å². The van der Waals surface area contributed by atoms with E-state index in [1.54, 1.807) is 4.90 Å². The summed E-state index contributed by atoms with van der Waals surface area (Å²) in [5.74, 6) is -0.429. The summed E-state index contributed by atoms with van der Waals surface area (Å²) in [7, 11) is 1.93. The Balaban J connectivity index is 2.06. The lowest BCUT2D eigenvalue weighted by Crippen LogP contribution is -2.43. The maximum absolute atomic E-state index is 12.2. The molecule has 122 valence electrons. The Morgan fingerprint density at radius 3 is 2.73 bits per heavy atom. The summed E-state index contributed by atoms with van der Waals surface area (Å²) < 4.78 is 40.7. The topological polar surface area (TPSA) is 32.8 Å². The predicted octanol–water partition coefficient (Wildman–Crippen LogP) is 2.43. The average Bonchev–Trinajstić information content (AvgIpc) is 2.55. The molecule has 1 aromatic rings. The number of fused-ring (bicyclic) bond motifs is 1. The molecule has 0 saturated carbocycles. The van der Waals surface area contributed by atoms with E-state index in [1.165, 1.54) is 0 Å². The van der Waals surface area contributed by atoms with Crippen LogP contribution in [-0.2, 0) is 16.1 Å². The van der Waals surface area contributed by atoms with Crippen LogP contribution in [0.2, 0.25) is 0 Å². The summed E-state index contributed by atoms with van der Waals surface area (Å²) in [6.45, 7) is 0.898. The normalized spacial score (nSPS) is 18.9. The van der Waals surface area contributed by atoms with Gasteiger partial charge in [-0.15, -0.1) is 0 Å². The van der Waals surface area contributed by atoms with Gasteiger partial charge >= 0.3 is 6.18 Å². The minimum atomic E-state index is -4.42. The van der Waals surface area contributed by atoms with Gasteiger partial charge < -0.3 is 14.5 Å². The maximum Gasteiger partial charge on any atom is 0.411 e. The summed E-state index contributed by atoms with van der Waals surface area (Å²) in [6, 6.07) is 7.58. The molecular weight excluding hydrogens is 297 g/mol. The number of nitrogens with zero attached hydrogens (tertiary/aromatic N) is 2. The van der Waals surface area contributed by atoms with E-state index in [0.29, 0.717) is 13.1 Å². The second-order valence-corrected chi connectivity index (χ2v) is 5.49. The molecule has 0 saturated heterocycles. The van der Waals surface area contributed by atoms with Crippen molar-refractivity contribution in [3.8, 4) is 0 Å². The summed E-state index contributed by atoms with van der Waals surface area (Å²) >= 11 is 0. The first-order chi connectivity index (χ1) is 10.3. The number of alkyl halides is 3. The van der Waals surface area contributed by atoms with Crippen molar-refractivity contribution in [3.05, 3.63) is 29.8 Å². The molecule has 1 atom stereocenters. The zero-order valence-electron chi connectivity index (χ0n) is 12.6. The fourth-order valence-electron chi connectivity index (χ4n) is 2.62. The van der Waals surface area contributed by atoms with Crippen molar-refractivity contribution in [2.75, 3.05) is 31.7 Å². The summed E-state index contributed by atoms with van der Waals surface area (Å²) in [6.07, 6.45) is -4.42. The first-order valence-corrected chi connectivity index (χ1v) is 7.01. The number of hydrogen-bond donors (Lipinski definition) is 0. The molecule has 1 aliphatic rings. The van der Waals surface area contributed by atoms with Gasteiger partial charge in [-0.2, -0.15) is 13.2 Å². The van der Waals surface area contributed by atoms with Gasteiger partial charge in [0.15, 0.2) is 0 Å². The van der Waals surface area contributed by atoms with Crippen LogP contribution in [0.1, 0.15) is 12.5 Å². The number of hydrogen-bond acceptors (Lipinski definition) is 3. The Labute approximate surface area is 127 Å². The smallest absolute Gasteiger partial charge is 0.372 e. The second-order valence-electron chi connectivity index (χ2n) is 5.49. The first kappa shape index (κ1) is 16.6. The average molecular weight is 316 g/mol. The van der Waals surface area contributed by atoms with Gasteiger partial charge in [-0.05, 0) is 18.6 Å². The van der Waals surface area contributed by atoms with E-state index >= 15 is 0 Å². The van der Waals surface area contributed by atoms with Crippen molar-refractivity contribution in [3.63, 3.8) is 0 Å². The largest absolute Gasteiger partial charge is 0.411 e. The Morgan fingerprint density at radius 1 is 1.36 bits per heavy atom. The molecule has 0 bridgehead atoms. The molecule has 1 aromatic carbocycles. The number of amides is 1. The highest BCUT2D eigenvalue weighted by molar-refractivity contribution is 5.78. The van der Waals surface area contributed by atoms with E-state index in [0.717, 1.165) is 11.3 Å². The number of carbonyl (C=O) groups is 1. The van der Waals surface area contributed by atoms with Crippen LogP contribution in [-0.4, -0.2) is 49.8 Å². The number of likely N-dealkylation sites (N-methyl/N-ethyl adjacent to an activating group) is 1.